The first-order valence-corrected chi connectivity index (χ1v) is 8.92. The molecule has 3 aromatic rings. The third-order valence-electron chi connectivity index (χ3n) is 3.98. The molecule has 5 nitrogen and oxygen atoms in total. The summed E-state index contributed by atoms with van der Waals surface area (Å²) in [5, 5.41) is 5.96. The Kier molecular flexibility index (Phi) is 6.34. The molecule has 2 amide bonds. The van der Waals surface area contributed by atoms with Crippen LogP contribution < -0.4 is 10.6 Å². The van der Waals surface area contributed by atoms with E-state index in [9.17, 15) is 14.0 Å². The van der Waals surface area contributed by atoms with E-state index in [1.54, 1.807) is 36.4 Å². The summed E-state index contributed by atoms with van der Waals surface area (Å²) >= 11 is 5.83. The van der Waals surface area contributed by atoms with E-state index >= 15 is 0 Å². The van der Waals surface area contributed by atoms with Gasteiger partial charge in [0.05, 0.1) is 0 Å². The van der Waals surface area contributed by atoms with E-state index in [0.717, 1.165) is 5.56 Å². The lowest BCUT2D eigenvalue weighted by atomic mass is 10.2. The lowest BCUT2D eigenvalue weighted by Crippen LogP contribution is -2.27. The number of carbonyl (C=O) groups is 2. The van der Waals surface area contributed by atoms with Crippen molar-refractivity contribution in [3.8, 4) is 0 Å². The molecule has 0 unspecified atom stereocenters. The first-order valence-electron chi connectivity index (χ1n) is 8.54. The molecule has 28 heavy (non-hydrogen) atoms. The van der Waals surface area contributed by atoms with E-state index in [1.165, 1.54) is 18.2 Å². The molecule has 0 bridgehead atoms. The second-order valence-corrected chi connectivity index (χ2v) is 6.43. The van der Waals surface area contributed by atoms with E-state index in [1.807, 2.05) is 12.1 Å². The molecule has 0 aliphatic heterocycles. The first kappa shape index (κ1) is 19.5. The van der Waals surface area contributed by atoms with Crippen LogP contribution in [-0.2, 0) is 13.1 Å². The van der Waals surface area contributed by atoms with E-state index in [0.29, 0.717) is 17.1 Å². The highest BCUT2D eigenvalue weighted by Gasteiger charge is 2.13. The molecule has 2 N–H and O–H groups in total. The Labute approximate surface area is 166 Å². The van der Waals surface area contributed by atoms with Gasteiger partial charge in [0, 0.05) is 23.7 Å². The quantitative estimate of drug-likeness (QED) is 0.665. The van der Waals surface area contributed by atoms with Crippen molar-refractivity contribution in [3.63, 3.8) is 0 Å². The molecule has 0 aliphatic carbocycles. The van der Waals surface area contributed by atoms with Crippen LogP contribution in [0.3, 0.4) is 0 Å². The van der Waals surface area contributed by atoms with Gasteiger partial charge >= 0.3 is 0 Å². The number of aromatic nitrogens is 1. The Morgan fingerprint density at radius 3 is 2.07 bits per heavy atom. The molecule has 142 valence electrons. The summed E-state index contributed by atoms with van der Waals surface area (Å²) in [4.78, 5) is 28.7. The minimum atomic E-state index is -0.490. The van der Waals surface area contributed by atoms with Gasteiger partial charge in [0.2, 0.25) is 0 Å². The molecular formula is C21H17ClFN3O2. The molecule has 0 saturated heterocycles. The molecule has 7 heteroatoms. The number of benzene rings is 2. The van der Waals surface area contributed by atoms with Crippen molar-refractivity contribution in [1.29, 1.82) is 0 Å². The summed E-state index contributed by atoms with van der Waals surface area (Å²) < 4.78 is 13.6. The smallest absolute Gasteiger partial charge is 0.270 e. The molecule has 0 atom stereocenters. The fraction of sp³-hybridized carbons (Fsp3) is 0.0952. The van der Waals surface area contributed by atoms with Crippen molar-refractivity contribution in [2.45, 2.75) is 13.1 Å². The highest BCUT2D eigenvalue weighted by atomic mass is 35.5. The zero-order valence-electron chi connectivity index (χ0n) is 14.8. The number of nitrogens with one attached hydrogen (secondary N) is 2. The van der Waals surface area contributed by atoms with Crippen LogP contribution in [0.25, 0.3) is 0 Å². The molecule has 1 heterocycles. The van der Waals surface area contributed by atoms with Crippen molar-refractivity contribution in [1.82, 2.24) is 15.6 Å². The van der Waals surface area contributed by atoms with Gasteiger partial charge in [-0.05, 0) is 35.9 Å². The van der Waals surface area contributed by atoms with Crippen molar-refractivity contribution >= 4 is 23.4 Å². The van der Waals surface area contributed by atoms with Gasteiger partial charge in [0.25, 0.3) is 11.8 Å². The van der Waals surface area contributed by atoms with Crippen LogP contribution in [0.4, 0.5) is 4.39 Å². The summed E-state index contributed by atoms with van der Waals surface area (Å²) in [5.74, 6) is -1.29. The number of amides is 2. The molecule has 0 spiro atoms. The van der Waals surface area contributed by atoms with Gasteiger partial charge in [0.1, 0.15) is 17.2 Å². The highest BCUT2D eigenvalue weighted by Crippen LogP contribution is 2.10. The maximum Gasteiger partial charge on any atom is 0.270 e. The van der Waals surface area contributed by atoms with Gasteiger partial charge in [-0.25, -0.2) is 9.37 Å². The molecular weight excluding hydrogens is 381 g/mol. The molecule has 0 radical (unpaired) electrons. The van der Waals surface area contributed by atoms with E-state index in [-0.39, 0.29) is 17.9 Å². The topological polar surface area (TPSA) is 71.1 Å². The third-order valence-corrected chi connectivity index (χ3v) is 4.23. The van der Waals surface area contributed by atoms with E-state index in [4.69, 9.17) is 11.6 Å². The lowest BCUT2D eigenvalue weighted by molar-refractivity contribution is 0.0941. The van der Waals surface area contributed by atoms with Gasteiger partial charge in [-0.2, -0.15) is 0 Å². The predicted octanol–water partition coefficient (Wildman–Crippen LogP) is 3.73. The minimum absolute atomic E-state index is 0.0280. The summed E-state index contributed by atoms with van der Waals surface area (Å²) in [6.07, 6.45) is 0. The molecule has 0 saturated carbocycles. The number of halogens is 2. The lowest BCUT2D eigenvalue weighted by Gasteiger charge is -2.08. The van der Waals surface area contributed by atoms with Crippen molar-refractivity contribution in [2.24, 2.45) is 0 Å². The van der Waals surface area contributed by atoms with Gasteiger partial charge in [0.15, 0.2) is 0 Å². The largest absolute Gasteiger partial charge is 0.347 e. The average Bonchev–Trinajstić information content (AvgIpc) is 2.72. The van der Waals surface area contributed by atoms with Gasteiger partial charge in [-0.15, -0.1) is 0 Å². The van der Waals surface area contributed by atoms with E-state index < -0.39 is 17.6 Å². The van der Waals surface area contributed by atoms with Crippen molar-refractivity contribution < 1.29 is 14.0 Å². The van der Waals surface area contributed by atoms with Gasteiger partial charge < -0.3 is 10.6 Å². The van der Waals surface area contributed by atoms with E-state index in [2.05, 4.69) is 15.6 Å². The number of pyridine rings is 1. The number of hydrogen-bond acceptors (Lipinski definition) is 3. The summed E-state index contributed by atoms with van der Waals surface area (Å²) in [5.41, 5.74) is 1.45. The number of carbonyl (C=O) groups excluding carboxylic acids is 2. The summed E-state index contributed by atoms with van der Waals surface area (Å²) in [6.45, 7) is 0.335. The number of hydrogen-bond donors (Lipinski definition) is 2. The monoisotopic (exact) mass is 397 g/mol. The molecule has 2 aromatic carbocycles. The van der Waals surface area contributed by atoms with Crippen LogP contribution in [0, 0.1) is 5.82 Å². The fourth-order valence-corrected chi connectivity index (χ4v) is 2.60. The second-order valence-electron chi connectivity index (χ2n) is 5.99. The number of nitrogens with zero attached hydrogens (tertiary/aromatic N) is 1. The fourth-order valence-electron chi connectivity index (χ4n) is 2.47. The third kappa shape index (κ3) is 5.14. The SMILES string of the molecule is O=C(NCc1ccc(Cl)cc1)c1cccc(C(=O)NCc2ccccc2F)n1. The Morgan fingerprint density at radius 2 is 1.43 bits per heavy atom. The first-order chi connectivity index (χ1) is 13.5. The standard InChI is InChI=1S/C21H17ClFN3O2/c22-16-10-8-14(9-11-16)12-24-20(27)18-6-3-7-19(26-18)21(28)25-13-15-4-1-2-5-17(15)23/h1-11H,12-13H2,(H,24,27)(H,25,28). The Balaban J connectivity index is 1.60. The van der Waals surface area contributed by atoms with Crippen LogP contribution >= 0.6 is 11.6 Å². The molecule has 0 aliphatic rings. The average molecular weight is 398 g/mol. The highest BCUT2D eigenvalue weighted by molar-refractivity contribution is 6.30. The normalized spacial score (nSPS) is 10.4. The van der Waals surface area contributed by atoms with Crippen LogP contribution in [0.5, 0.6) is 0 Å². The molecule has 3 rings (SSSR count). The summed E-state index contributed by atoms with van der Waals surface area (Å²) in [7, 11) is 0. The van der Waals surface area contributed by atoms with Crippen LogP contribution in [0.15, 0.2) is 66.7 Å². The maximum absolute atomic E-state index is 13.6. The van der Waals surface area contributed by atoms with Gasteiger partial charge in [-0.3, -0.25) is 9.59 Å². The van der Waals surface area contributed by atoms with Crippen LogP contribution in [-0.4, -0.2) is 16.8 Å². The molecule has 0 fully saturated rings. The van der Waals surface area contributed by atoms with Crippen LogP contribution in [0.1, 0.15) is 32.1 Å². The zero-order chi connectivity index (χ0) is 19.9. The minimum Gasteiger partial charge on any atom is -0.347 e. The number of rotatable bonds is 6. The second kappa shape index (κ2) is 9.10. The van der Waals surface area contributed by atoms with Crippen molar-refractivity contribution in [3.05, 3.63) is 100 Å². The Bertz CT molecular complexity index is 993. The summed E-state index contributed by atoms with van der Waals surface area (Å²) in [6, 6.07) is 17.9. The van der Waals surface area contributed by atoms with Crippen molar-refractivity contribution in [2.75, 3.05) is 0 Å². The Morgan fingerprint density at radius 1 is 0.821 bits per heavy atom. The molecule has 1 aromatic heterocycles. The predicted molar refractivity (Wildman–Crippen MR) is 104 cm³/mol. The maximum atomic E-state index is 13.6. The van der Waals surface area contributed by atoms with Gasteiger partial charge in [-0.1, -0.05) is 48.0 Å². The Hall–Kier alpha value is -3.25. The van der Waals surface area contributed by atoms with Crippen LogP contribution in [0.2, 0.25) is 5.02 Å². The zero-order valence-corrected chi connectivity index (χ0v) is 15.5.